The summed E-state index contributed by atoms with van der Waals surface area (Å²) < 4.78 is 5.74. The molecule has 0 bridgehead atoms. The summed E-state index contributed by atoms with van der Waals surface area (Å²) in [5, 5.41) is 4.43. The zero-order valence-electron chi connectivity index (χ0n) is 17.4. The van der Waals surface area contributed by atoms with Gasteiger partial charge < -0.3 is 10.3 Å². The second kappa shape index (κ2) is 7.93. The van der Waals surface area contributed by atoms with Crippen LogP contribution in [0.5, 0.6) is 0 Å². The van der Waals surface area contributed by atoms with Crippen molar-refractivity contribution >= 4 is 5.95 Å². The molecule has 1 aromatic carbocycles. The zero-order chi connectivity index (χ0) is 20.4. The van der Waals surface area contributed by atoms with Gasteiger partial charge in [0.1, 0.15) is 0 Å². The van der Waals surface area contributed by atoms with E-state index in [0.717, 1.165) is 35.7 Å². The number of anilines is 1. The fourth-order valence-electron chi connectivity index (χ4n) is 4.18. The van der Waals surface area contributed by atoms with Crippen molar-refractivity contribution in [3.63, 3.8) is 0 Å². The predicted octanol–water partition coefficient (Wildman–Crippen LogP) is 5.12. The lowest BCUT2D eigenvalue weighted by atomic mass is 9.72. The molecule has 1 aliphatic rings. The summed E-state index contributed by atoms with van der Waals surface area (Å²) in [6, 6.07) is 8.46. The van der Waals surface area contributed by atoms with Crippen LogP contribution in [0.4, 0.5) is 5.95 Å². The lowest BCUT2D eigenvalue weighted by Gasteiger charge is -2.31. The molecule has 0 radical (unpaired) electrons. The van der Waals surface area contributed by atoms with Gasteiger partial charge in [0, 0.05) is 23.9 Å². The highest BCUT2D eigenvalue weighted by atomic mass is 16.5. The summed E-state index contributed by atoms with van der Waals surface area (Å²) >= 11 is 0. The summed E-state index contributed by atoms with van der Waals surface area (Å²) in [5.41, 5.74) is 8.43. The van der Waals surface area contributed by atoms with Gasteiger partial charge in [0.05, 0.1) is 5.41 Å². The molecule has 6 heteroatoms. The Bertz CT molecular complexity index is 942. The number of aromatic nitrogens is 4. The highest BCUT2D eigenvalue weighted by Gasteiger charge is 2.38. The number of rotatable bonds is 5. The molecule has 1 unspecified atom stereocenters. The van der Waals surface area contributed by atoms with Crippen LogP contribution < -0.4 is 5.73 Å². The number of nitrogen functional groups attached to an aromatic ring is 1. The first-order chi connectivity index (χ1) is 14.0. The number of hydrogen-bond acceptors (Lipinski definition) is 6. The fourth-order valence-corrected chi connectivity index (χ4v) is 4.18. The second-order valence-electron chi connectivity index (χ2n) is 8.56. The van der Waals surface area contributed by atoms with Crippen LogP contribution in [0.15, 0.2) is 41.2 Å². The van der Waals surface area contributed by atoms with Crippen LogP contribution in [-0.4, -0.2) is 20.1 Å². The maximum Gasteiger partial charge on any atom is 0.229 e. The minimum absolute atomic E-state index is 0.281. The van der Waals surface area contributed by atoms with Crippen LogP contribution in [0.25, 0.3) is 11.1 Å². The highest BCUT2D eigenvalue weighted by molar-refractivity contribution is 5.62. The van der Waals surface area contributed by atoms with Gasteiger partial charge in [-0.2, -0.15) is 4.98 Å². The van der Waals surface area contributed by atoms with E-state index in [1.165, 1.54) is 24.8 Å². The molecular formula is C23H29N5O. The molecule has 0 saturated heterocycles. The molecule has 3 aromatic rings. The van der Waals surface area contributed by atoms with Crippen LogP contribution in [0.3, 0.4) is 0 Å². The average Bonchev–Trinajstić information content (AvgIpc) is 3.25. The molecule has 0 amide bonds. The van der Waals surface area contributed by atoms with E-state index in [1.54, 1.807) is 12.4 Å². The molecule has 1 saturated carbocycles. The summed E-state index contributed by atoms with van der Waals surface area (Å²) in [7, 11) is 0. The molecule has 2 N–H and O–H groups in total. The number of nitrogens with two attached hydrogens (primary N) is 1. The summed E-state index contributed by atoms with van der Waals surface area (Å²) in [6.45, 7) is 6.62. The quantitative estimate of drug-likeness (QED) is 0.649. The van der Waals surface area contributed by atoms with Crippen molar-refractivity contribution in [1.29, 1.82) is 0 Å². The van der Waals surface area contributed by atoms with Crippen molar-refractivity contribution in [2.24, 2.45) is 5.92 Å². The molecule has 6 nitrogen and oxygen atoms in total. The smallest absolute Gasteiger partial charge is 0.229 e. The third-order valence-electron chi connectivity index (χ3n) is 6.51. The lowest BCUT2D eigenvalue weighted by molar-refractivity contribution is 0.303. The highest BCUT2D eigenvalue weighted by Crippen LogP contribution is 2.39. The van der Waals surface area contributed by atoms with Gasteiger partial charge in [-0.15, -0.1) is 0 Å². The van der Waals surface area contributed by atoms with Crippen LogP contribution in [-0.2, 0) is 5.41 Å². The van der Waals surface area contributed by atoms with Gasteiger partial charge in [-0.25, -0.2) is 9.97 Å². The molecule has 152 valence electrons. The third kappa shape index (κ3) is 3.76. The van der Waals surface area contributed by atoms with Gasteiger partial charge in [0.15, 0.2) is 5.82 Å². The largest absolute Gasteiger partial charge is 0.368 e. The minimum Gasteiger partial charge on any atom is -0.368 e. The summed E-state index contributed by atoms with van der Waals surface area (Å²) in [5.74, 6) is 2.59. The van der Waals surface area contributed by atoms with Gasteiger partial charge in [-0.1, -0.05) is 62.5 Å². The van der Waals surface area contributed by atoms with Gasteiger partial charge in [0.2, 0.25) is 11.8 Å². The SMILES string of the molecule is CC(C)C(C)(c1ccc(-c2cnc(N)nc2)cc1)c1noc(C2CCCCC2)n1. The van der Waals surface area contributed by atoms with Crippen molar-refractivity contribution in [2.45, 2.75) is 64.2 Å². The molecule has 1 fully saturated rings. The maximum atomic E-state index is 5.74. The van der Waals surface area contributed by atoms with E-state index in [9.17, 15) is 0 Å². The Hall–Kier alpha value is -2.76. The van der Waals surface area contributed by atoms with Crippen LogP contribution >= 0.6 is 0 Å². The normalized spacial score (nSPS) is 17.4. The van der Waals surface area contributed by atoms with Gasteiger partial charge in [0.25, 0.3) is 0 Å². The molecule has 0 spiro atoms. The molecule has 1 aliphatic carbocycles. The molecule has 29 heavy (non-hydrogen) atoms. The van der Waals surface area contributed by atoms with Crippen molar-refractivity contribution in [3.8, 4) is 11.1 Å². The molecule has 0 aliphatic heterocycles. The maximum absolute atomic E-state index is 5.74. The van der Waals surface area contributed by atoms with Crippen LogP contribution in [0.2, 0.25) is 0 Å². The Morgan fingerprint density at radius 1 is 1.00 bits per heavy atom. The van der Waals surface area contributed by atoms with E-state index in [0.29, 0.717) is 11.8 Å². The Balaban J connectivity index is 1.64. The van der Waals surface area contributed by atoms with Gasteiger partial charge >= 0.3 is 0 Å². The predicted molar refractivity (Wildman–Crippen MR) is 113 cm³/mol. The first-order valence-corrected chi connectivity index (χ1v) is 10.5. The molecular weight excluding hydrogens is 362 g/mol. The van der Waals surface area contributed by atoms with Crippen LogP contribution in [0, 0.1) is 5.92 Å². The Labute approximate surface area is 172 Å². The number of hydrogen-bond donors (Lipinski definition) is 1. The fraction of sp³-hybridized carbons (Fsp3) is 0.478. The van der Waals surface area contributed by atoms with E-state index in [1.807, 2.05) is 0 Å². The molecule has 2 heterocycles. The summed E-state index contributed by atoms with van der Waals surface area (Å²) in [4.78, 5) is 13.1. The Morgan fingerprint density at radius 3 is 2.28 bits per heavy atom. The zero-order valence-corrected chi connectivity index (χ0v) is 17.4. The standard InChI is InChI=1S/C23H29N5O/c1-15(2)23(3,21-27-20(29-28-21)17-7-5-4-6-8-17)19-11-9-16(10-12-19)18-13-25-22(24)26-14-18/h9-15,17H,4-8H2,1-3H3,(H2,24,25,26). The Kier molecular flexibility index (Phi) is 5.35. The van der Waals surface area contributed by atoms with Crippen molar-refractivity contribution in [2.75, 3.05) is 5.73 Å². The minimum atomic E-state index is -0.327. The first-order valence-electron chi connectivity index (χ1n) is 10.5. The van der Waals surface area contributed by atoms with E-state index in [4.69, 9.17) is 15.2 Å². The summed E-state index contributed by atoms with van der Waals surface area (Å²) in [6.07, 6.45) is 9.60. The van der Waals surface area contributed by atoms with E-state index < -0.39 is 0 Å². The van der Waals surface area contributed by atoms with Crippen molar-refractivity contribution < 1.29 is 4.52 Å². The monoisotopic (exact) mass is 391 g/mol. The lowest BCUT2D eigenvalue weighted by Crippen LogP contribution is -2.31. The van der Waals surface area contributed by atoms with Crippen molar-refractivity contribution in [1.82, 2.24) is 20.1 Å². The van der Waals surface area contributed by atoms with E-state index in [2.05, 4.69) is 60.2 Å². The van der Waals surface area contributed by atoms with E-state index >= 15 is 0 Å². The average molecular weight is 392 g/mol. The number of benzene rings is 1. The van der Waals surface area contributed by atoms with Crippen LogP contribution in [0.1, 0.15) is 76.1 Å². The van der Waals surface area contributed by atoms with Gasteiger partial charge in [-0.05, 0) is 36.8 Å². The van der Waals surface area contributed by atoms with E-state index in [-0.39, 0.29) is 11.4 Å². The number of nitrogens with zero attached hydrogens (tertiary/aromatic N) is 4. The molecule has 2 aromatic heterocycles. The molecule has 4 rings (SSSR count). The third-order valence-corrected chi connectivity index (χ3v) is 6.51. The topological polar surface area (TPSA) is 90.7 Å². The van der Waals surface area contributed by atoms with Gasteiger partial charge in [-0.3, -0.25) is 0 Å². The molecule has 1 atom stereocenters. The second-order valence-corrected chi connectivity index (χ2v) is 8.56. The first kappa shape index (κ1) is 19.6. The Morgan fingerprint density at radius 2 is 1.66 bits per heavy atom. The van der Waals surface area contributed by atoms with Crippen molar-refractivity contribution in [3.05, 3.63) is 53.9 Å².